The van der Waals surface area contributed by atoms with Crippen LogP contribution in [0.15, 0.2) is 48.5 Å². The number of thiophene rings is 1. The van der Waals surface area contributed by atoms with Crippen LogP contribution in [0.1, 0.15) is 52.5 Å². The number of carbonyl (C=O) groups is 2. The van der Waals surface area contributed by atoms with Gasteiger partial charge in [0.25, 0.3) is 5.91 Å². The van der Waals surface area contributed by atoms with Crippen molar-refractivity contribution < 1.29 is 14.7 Å². The lowest BCUT2D eigenvalue weighted by Crippen LogP contribution is -2.40. The van der Waals surface area contributed by atoms with E-state index in [0.717, 1.165) is 34.1 Å². The van der Waals surface area contributed by atoms with Gasteiger partial charge < -0.3 is 10.4 Å². The summed E-state index contributed by atoms with van der Waals surface area (Å²) in [6, 6.07) is 15.4. The number of benzene rings is 2. The first-order valence-electron chi connectivity index (χ1n) is 9.59. The zero-order valence-corrected chi connectivity index (χ0v) is 17.0. The molecule has 0 saturated heterocycles. The van der Waals surface area contributed by atoms with Gasteiger partial charge in [0.1, 0.15) is 6.04 Å². The molecule has 1 aromatic heterocycles. The summed E-state index contributed by atoms with van der Waals surface area (Å²) < 4.78 is 1.04. The number of carbonyl (C=O) groups excluding carboxylic acids is 1. The molecule has 0 radical (unpaired) electrons. The summed E-state index contributed by atoms with van der Waals surface area (Å²) >= 11 is 1.43. The van der Waals surface area contributed by atoms with Crippen LogP contribution < -0.4 is 5.32 Å². The van der Waals surface area contributed by atoms with E-state index in [-0.39, 0.29) is 5.91 Å². The number of aliphatic carboxylic acids is 1. The molecule has 5 heteroatoms. The van der Waals surface area contributed by atoms with E-state index in [0.29, 0.717) is 17.7 Å². The van der Waals surface area contributed by atoms with Gasteiger partial charge in [-0.15, -0.1) is 11.3 Å². The zero-order chi connectivity index (χ0) is 20.1. The monoisotopic (exact) mass is 395 g/mol. The largest absolute Gasteiger partial charge is 0.480 e. The molecule has 0 spiro atoms. The fraction of sp³-hybridized carbons (Fsp3) is 0.304. The minimum absolute atomic E-state index is 0.299. The van der Waals surface area contributed by atoms with Gasteiger partial charge in [0.2, 0.25) is 0 Å². The zero-order valence-electron chi connectivity index (χ0n) is 16.2. The molecule has 28 heavy (non-hydrogen) atoms. The Balaban J connectivity index is 1.94. The van der Waals surface area contributed by atoms with Crippen LogP contribution in [0.2, 0.25) is 0 Å². The highest BCUT2D eigenvalue weighted by Crippen LogP contribution is 2.33. The minimum atomic E-state index is -0.983. The maximum absolute atomic E-state index is 13.0. The van der Waals surface area contributed by atoms with Gasteiger partial charge in [0, 0.05) is 4.70 Å². The predicted molar refractivity (Wildman–Crippen MR) is 114 cm³/mol. The van der Waals surface area contributed by atoms with Crippen molar-refractivity contribution in [3.63, 3.8) is 0 Å². The number of rotatable bonds is 8. The number of carboxylic acids is 1. The van der Waals surface area contributed by atoms with Crippen LogP contribution in [0.3, 0.4) is 0 Å². The van der Waals surface area contributed by atoms with Crippen LogP contribution in [-0.2, 0) is 11.2 Å². The van der Waals surface area contributed by atoms with E-state index in [1.807, 2.05) is 38.1 Å². The van der Waals surface area contributed by atoms with E-state index in [1.165, 1.54) is 16.9 Å². The van der Waals surface area contributed by atoms with Gasteiger partial charge in [-0.1, -0.05) is 67.8 Å². The predicted octanol–water partition coefficient (Wildman–Crippen LogP) is 5.17. The van der Waals surface area contributed by atoms with Gasteiger partial charge in [-0.25, -0.2) is 4.79 Å². The van der Waals surface area contributed by atoms with Crippen LogP contribution in [0.25, 0.3) is 10.1 Å². The highest BCUT2D eigenvalue weighted by molar-refractivity contribution is 7.21. The lowest BCUT2D eigenvalue weighted by molar-refractivity contribution is -0.139. The third-order valence-electron chi connectivity index (χ3n) is 4.86. The van der Waals surface area contributed by atoms with E-state index in [9.17, 15) is 14.7 Å². The molecule has 0 aliphatic heterocycles. The van der Waals surface area contributed by atoms with E-state index in [4.69, 9.17) is 0 Å². The molecule has 146 valence electrons. The first kappa shape index (κ1) is 20.1. The molecule has 2 N–H and O–H groups in total. The van der Waals surface area contributed by atoms with Crippen molar-refractivity contribution in [2.45, 2.75) is 45.6 Å². The summed E-state index contributed by atoms with van der Waals surface area (Å²) in [6.07, 6.45) is 2.73. The van der Waals surface area contributed by atoms with Crippen molar-refractivity contribution in [3.8, 4) is 0 Å². The SMILES string of the molecule is CCCCC(NC(=O)c1sc2ccccc2c1Cc1ccc(C)cc1)C(=O)O. The Morgan fingerprint density at radius 1 is 1.11 bits per heavy atom. The molecule has 0 saturated carbocycles. The normalized spacial score (nSPS) is 12.1. The van der Waals surface area contributed by atoms with Gasteiger partial charge in [-0.2, -0.15) is 0 Å². The third-order valence-corrected chi connectivity index (χ3v) is 6.07. The second-order valence-corrected chi connectivity index (χ2v) is 8.13. The minimum Gasteiger partial charge on any atom is -0.480 e. The van der Waals surface area contributed by atoms with Crippen molar-refractivity contribution in [1.82, 2.24) is 5.32 Å². The average Bonchev–Trinajstić information content (AvgIpc) is 3.05. The highest BCUT2D eigenvalue weighted by atomic mass is 32.1. The molecule has 0 aliphatic rings. The maximum Gasteiger partial charge on any atom is 0.326 e. The number of hydrogen-bond acceptors (Lipinski definition) is 3. The Morgan fingerprint density at radius 2 is 1.82 bits per heavy atom. The Labute approximate surface area is 169 Å². The first-order chi connectivity index (χ1) is 13.5. The van der Waals surface area contributed by atoms with E-state index >= 15 is 0 Å². The van der Waals surface area contributed by atoms with Crippen molar-refractivity contribution in [3.05, 3.63) is 70.1 Å². The lowest BCUT2D eigenvalue weighted by Gasteiger charge is -2.14. The van der Waals surface area contributed by atoms with Crippen molar-refractivity contribution >= 4 is 33.3 Å². The molecule has 0 bridgehead atoms. The van der Waals surface area contributed by atoms with Crippen molar-refractivity contribution in [2.24, 2.45) is 0 Å². The lowest BCUT2D eigenvalue weighted by atomic mass is 10.0. The molecule has 0 fully saturated rings. The number of hydrogen-bond donors (Lipinski definition) is 2. The maximum atomic E-state index is 13.0. The van der Waals surface area contributed by atoms with Crippen LogP contribution in [-0.4, -0.2) is 23.0 Å². The smallest absolute Gasteiger partial charge is 0.326 e. The Bertz CT molecular complexity index is 975. The van der Waals surface area contributed by atoms with Crippen LogP contribution in [0.5, 0.6) is 0 Å². The summed E-state index contributed by atoms with van der Waals surface area (Å²) in [5.74, 6) is -1.28. The number of nitrogens with one attached hydrogen (secondary N) is 1. The van der Waals surface area contributed by atoms with Gasteiger partial charge in [0.05, 0.1) is 4.88 Å². The van der Waals surface area contributed by atoms with Gasteiger partial charge >= 0.3 is 5.97 Å². The number of fused-ring (bicyclic) bond motifs is 1. The average molecular weight is 396 g/mol. The topological polar surface area (TPSA) is 66.4 Å². The molecule has 3 aromatic rings. The molecule has 0 aliphatic carbocycles. The quantitative estimate of drug-likeness (QED) is 0.553. The highest BCUT2D eigenvalue weighted by Gasteiger charge is 2.24. The summed E-state index contributed by atoms with van der Waals surface area (Å²) in [5, 5.41) is 13.2. The standard InChI is InChI=1S/C23H25NO3S/c1-3-4-8-19(23(26)27)24-22(25)21-18(14-16-12-10-15(2)11-13-16)17-7-5-6-9-20(17)28-21/h5-7,9-13,19H,3-4,8,14H2,1-2H3,(H,24,25)(H,26,27). The number of unbranched alkanes of at least 4 members (excludes halogenated alkanes) is 1. The van der Waals surface area contributed by atoms with Crippen LogP contribution in [0.4, 0.5) is 0 Å². The Morgan fingerprint density at radius 3 is 2.50 bits per heavy atom. The molecule has 1 heterocycles. The van der Waals surface area contributed by atoms with Gasteiger partial charge in [0.15, 0.2) is 0 Å². The Kier molecular flexibility index (Phi) is 6.47. The molecule has 1 amide bonds. The van der Waals surface area contributed by atoms with Crippen LogP contribution in [0, 0.1) is 6.92 Å². The Hall–Kier alpha value is -2.66. The number of amides is 1. The fourth-order valence-corrected chi connectivity index (χ4v) is 4.38. The second kappa shape index (κ2) is 9.02. The molecular formula is C23H25NO3S. The van der Waals surface area contributed by atoms with E-state index in [2.05, 4.69) is 29.6 Å². The molecular weight excluding hydrogens is 370 g/mol. The third kappa shape index (κ3) is 4.60. The van der Waals surface area contributed by atoms with E-state index < -0.39 is 12.0 Å². The second-order valence-electron chi connectivity index (χ2n) is 7.07. The van der Waals surface area contributed by atoms with Crippen LogP contribution >= 0.6 is 11.3 Å². The van der Waals surface area contributed by atoms with Crippen molar-refractivity contribution in [1.29, 1.82) is 0 Å². The summed E-state index contributed by atoms with van der Waals surface area (Å²) in [5.41, 5.74) is 3.28. The van der Waals surface area contributed by atoms with Gasteiger partial charge in [-0.3, -0.25) is 4.79 Å². The molecule has 1 unspecified atom stereocenters. The summed E-state index contributed by atoms with van der Waals surface area (Å²) in [4.78, 5) is 25.1. The fourth-order valence-electron chi connectivity index (χ4n) is 3.26. The summed E-state index contributed by atoms with van der Waals surface area (Å²) in [6.45, 7) is 4.05. The van der Waals surface area contributed by atoms with Crippen molar-refractivity contribution in [2.75, 3.05) is 0 Å². The molecule has 2 aromatic carbocycles. The van der Waals surface area contributed by atoms with E-state index in [1.54, 1.807) is 0 Å². The molecule has 3 rings (SSSR count). The first-order valence-corrected chi connectivity index (χ1v) is 10.4. The molecule has 1 atom stereocenters. The summed E-state index contributed by atoms with van der Waals surface area (Å²) in [7, 11) is 0. The number of aryl methyl sites for hydroxylation is 1. The number of carboxylic acid groups (broad SMARTS) is 1. The molecule has 4 nitrogen and oxygen atoms in total. The van der Waals surface area contributed by atoms with Gasteiger partial charge in [-0.05, 0) is 42.3 Å².